The van der Waals surface area contributed by atoms with Crippen LogP contribution >= 0.6 is 11.3 Å². The molecule has 0 aliphatic rings. The molecule has 3 rings (SSSR count). The number of aromatic nitrogens is 2. The number of carbonyl (C=O) groups is 1. The second kappa shape index (κ2) is 7.58. The highest BCUT2D eigenvalue weighted by molar-refractivity contribution is 7.13. The number of rotatable bonds is 6. The van der Waals surface area contributed by atoms with Gasteiger partial charge in [0.2, 0.25) is 0 Å². The minimum Gasteiger partial charge on any atom is -0.349 e. The van der Waals surface area contributed by atoms with Crippen molar-refractivity contribution in [1.29, 1.82) is 0 Å². The van der Waals surface area contributed by atoms with Gasteiger partial charge in [0.15, 0.2) is 5.69 Å². The molecular weight excluding hydrogens is 339 g/mol. The smallest absolute Gasteiger partial charge is 0.271 e. The van der Waals surface area contributed by atoms with E-state index in [1.165, 1.54) is 12.1 Å². The fraction of sp³-hybridized carbons (Fsp3) is 0.222. The third-order valence-electron chi connectivity index (χ3n) is 3.93. The number of carbonyl (C=O) groups excluding carboxylic acids is 1. The quantitative estimate of drug-likeness (QED) is 0.711. The first-order valence-electron chi connectivity index (χ1n) is 7.84. The van der Waals surface area contributed by atoms with E-state index in [0.717, 1.165) is 16.1 Å². The molecule has 7 heteroatoms. The van der Waals surface area contributed by atoms with Crippen LogP contribution in [-0.4, -0.2) is 41.6 Å². The summed E-state index contributed by atoms with van der Waals surface area (Å²) in [6, 6.07) is 11.9. The summed E-state index contributed by atoms with van der Waals surface area (Å²) in [7, 11) is 3.84. The number of hydrogen-bond donors (Lipinski definition) is 2. The van der Waals surface area contributed by atoms with Crippen molar-refractivity contribution >= 4 is 17.2 Å². The average Bonchev–Trinajstić information content (AvgIpc) is 3.27. The molecule has 1 aromatic carbocycles. The van der Waals surface area contributed by atoms with Crippen LogP contribution in [0.15, 0.2) is 47.8 Å². The summed E-state index contributed by atoms with van der Waals surface area (Å²) < 4.78 is 13.1. The van der Waals surface area contributed by atoms with Crippen LogP contribution in [0.2, 0.25) is 0 Å². The molecule has 1 amide bonds. The molecule has 130 valence electrons. The second-order valence-electron chi connectivity index (χ2n) is 5.89. The Balaban J connectivity index is 1.66. The van der Waals surface area contributed by atoms with Gasteiger partial charge in [-0.15, -0.1) is 11.3 Å². The standard InChI is InChI=1S/C18H19FN4OS/c1-23(2)16(12-5-7-13(19)8-6-12)11-20-18(24)15-10-14(21-22-15)17-4-3-9-25-17/h3-10,16H,11H2,1-2H3,(H,20,24)(H,21,22). The predicted octanol–water partition coefficient (Wildman–Crippen LogP) is 3.31. The van der Waals surface area contributed by atoms with Gasteiger partial charge >= 0.3 is 0 Å². The van der Waals surface area contributed by atoms with Crippen molar-refractivity contribution in [1.82, 2.24) is 20.4 Å². The first kappa shape index (κ1) is 17.3. The maximum absolute atomic E-state index is 13.1. The number of thiophene rings is 1. The first-order valence-corrected chi connectivity index (χ1v) is 8.72. The van der Waals surface area contributed by atoms with Crippen LogP contribution in [-0.2, 0) is 0 Å². The fourth-order valence-electron chi connectivity index (χ4n) is 2.56. The largest absolute Gasteiger partial charge is 0.349 e. The van der Waals surface area contributed by atoms with Gasteiger partial charge in [0.05, 0.1) is 16.6 Å². The first-order chi connectivity index (χ1) is 12.0. The summed E-state index contributed by atoms with van der Waals surface area (Å²) in [6.45, 7) is 0.401. The van der Waals surface area contributed by atoms with Crippen LogP contribution in [0.5, 0.6) is 0 Å². The van der Waals surface area contributed by atoms with Crippen LogP contribution in [0, 0.1) is 5.82 Å². The molecule has 0 saturated heterocycles. The number of amides is 1. The molecule has 0 radical (unpaired) electrons. The molecule has 0 spiro atoms. The van der Waals surface area contributed by atoms with Gasteiger partial charge in [0.1, 0.15) is 5.82 Å². The van der Waals surface area contributed by atoms with Gasteiger partial charge in [-0.1, -0.05) is 18.2 Å². The summed E-state index contributed by atoms with van der Waals surface area (Å²) in [4.78, 5) is 15.4. The van der Waals surface area contributed by atoms with Crippen LogP contribution < -0.4 is 5.32 Å². The van der Waals surface area contributed by atoms with Crippen molar-refractivity contribution in [3.8, 4) is 10.6 Å². The van der Waals surface area contributed by atoms with Gasteiger partial charge in [-0.3, -0.25) is 9.89 Å². The van der Waals surface area contributed by atoms with E-state index >= 15 is 0 Å². The maximum atomic E-state index is 13.1. The predicted molar refractivity (Wildman–Crippen MR) is 97.1 cm³/mol. The van der Waals surface area contributed by atoms with Crippen LogP contribution in [0.4, 0.5) is 4.39 Å². The van der Waals surface area contributed by atoms with Gasteiger partial charge in [0.25, 0.3) is 5.91 Å². The van der Waals surface area contributed by atoms with Crippen LogP contribution in [0.3, 0.4) is 0 Å². The minimum absolute atomic E-state index is 0.0553. The Hall–Kier alpha value is -2.51. The Bertz CT molecular complexity index is 827. The molecule has 2 N–H and O–H groups in total. The monoisotopic (exact) mass is 358 g/mol. The molecule has 0 aliphatic carbocycles. The highest BCUT2D eigenvalue weighted by Gasteiger charge is 2.17. The number of likely N-dealkylation sites (N-methyl/N-ethyl adjacent to an activating group) is 1. The van der Waals surface area contributed by atoms with Gasteiger partial charge in [-0.2, -0.15) is 5.10 Å². The molecule has 2 heterocycles. The van der Waals surface area contributed by atoms with E-state index in [2.05, 4.69) is 15.5 Å². The van der Waals surface area contributed by atoms with E-state index in [4.69, 9.17) is 0 Å². The van der Waals surface area contributed by atoms with Crippen molar-refractivity contribution in [2.24, 2.45) is 0 Å². The highest BCUT2D eigenvalue weighted by Crippen LogP contribution is 2.23. The zero-order valence-corrected chi connectivity index (χ0v) is 14.8. The van der Waals surface area contributed by atoms with E-state index in [1.54, 1.807) is 29.5 Å². The molecule has 3 aromatic rings. The summed E-state index contributed by atoms with van der Waals surface area (Å²) >= 11 is 1.58. The van der Waals surface area contributed by atoms with Crippen molar-refractivity contribution in [3.05, 3.63) is 64.9 Å². The van der Waals surface area contributed by atoms with Gasteiger partial charge in [0, 0.05) is 6.54 Å². The van der Waals surface area contributed by atoms with E-state index in [-0.39, 0.29) is 17.8 Å². The Kier molecular flexibility index (Phi) is 5.25. The van der Waals surface area contributed by atoms with Crippen molar-refractivity contribution in [2.45, 2.75) is 6.04 Å². The Labute approximate surface area is 149 Å². The molecule has 0 aliphatic heterocycles. The normalized spacial score (nSPS) is 12.3. The lowest BCUT2D eigenvalue weighted by Crippen LogP contribution is -2.34. The maximum Gasteiger partial charge on any atom is 0.271 e. The Morgan fingerprint density at radius 3 is 2.72 bits per heavy atom. The summed E-state index contributed by atoms with van der Waals surface area (Å²) in [6.07, 6.45) is 0. The molecule has 25 heavy (non-hydrogen) atoms. The Morgan fingerprint density at radius 2 is 2.08 bits per heavy atom. The van der Waals surface area contributed by atoms with E-state index in [1.807, 2.05) is 36.5 Å². The number of nitrogens with one attached hydrogen (secondary N) is 2. The van der Waals surface area contributed by atoms with Crippen LogP contribution in [0.25, 0.3) is 10.6 Å². The molecule has 0 fully saturated rings. The number of nitrogens with zero attached hydrogens (tertiary/aromatic N) is 2. The molecule has 5 nitrogen and oxygen atoms in total. The van der Waals surface area contributed by atoms with E-state index in [9.17, 15) is 9.18 Å². The fourth-order valence-corrected chi connectivity index (χ4v) is 3.25. The molecule has 0 saturated carbocycles. The lowest BCUT2D eigenvalue weighted by atomic mass is 10.1. The molecule has 2 aromatic heterocycles. The average molecular weight is 358 g/mol. The summed E-state index contributed by atoms with van der Waals surface area (Å²) in [5.41, 5.74) is 2.11. The van der Waals surface area contributed by atoms with E-state index < -0.39 is 0 Å². The lowest BCUT2D eigenvalue weighted by Gasteiger charge is -2.25. The highest BCUT2D eigenvalue weighted by atomic mass is 32.1. The van der Waals surface area contributed by atoms with Crippen molar-refractivity contribution < 1.29 is 9.18 Å². The number of halogens is 1. The molecular formula is C18H19FN4OS. The molecule has 0 bridgehead atoms. The van der Waals surface area contributed by atoms with Crippen molar-refractivity contribution in [2.75, 3.05) is 20.6 Å². The second-order valence-corrected chi connectivity index (χ2v) is 6.83. The zero-order chi connectivity index (χ0) is 17.8. The number of benzene rings is 1. The Morgan fingerprint density at radius 1 is 1.32 bits per heavy atom. The summed E-state index contributed by atoms with van der Waals surface area (Å²) in [5, 5.41) is 11.8. The van der Waals surface area contributed by atoms with Gasteiger partial charge < -0.3 is 10.2 Å². The third kappa shape index (κ3) is 4.12. The van der Waals surface area contributed by atoms with Crippen LogP contribution in [0.1, 0.15) is 22.1 Å². The van der Waals surface area contributed by atoms with Crippen molar-refractivity contribution in [3.63, 3.8) is 0 Å². The number of hydrogen-bond acceptors (Lipinski definition) is 4. The minimum atomic E-state index is -0.275. The van der Waals surface area contributed by atoms with Gasteiger partial charge in [-0.25, -0.2) is 4.39 Å². The molecule has 1 unspecified atom stereocenters. The summed E-state index contributed by atoms with van der Waals surface area (Å²) in [5.74, 6) is -0.518. The van der Waals surface area contributed by atoms with E-state index in [0.29, 0.717) is 12.2 Å². The molecule has 1 atom stereocenters. The number of aromatic amines is 1. The number of H-pyrrole nitrogens is 1. The topological polar surface area (TPSA) is 61.0 Å². The SMILES string of the molecule is CN(C)C(CNC(=O)c1cc(-c2cccs2)[nH]n1)c1ccc(F)cc1. The third-order valence-corrected chi connectivity index (χ3v) is 4.83. The van der Waals surface area contributed by atoms with Gasteiger partial charge in [-0.05, 0) is 49.3 Å². The zero-order valence-electron chi connectivity index (χ0n) is 14.0. The lowest BCUT2D eigenvalue weighted by molar-refractivity contribution is 0.0937.